The van der Waals surface area contributed by atoms with Crippen LogP contribution >= 0.6 is 0 Å². The Morgan fingerprint density at radius 3 is 2.50 bits per heavy atom. The molecule has 1 aromatic rings. The zero-order valence-electron chi connectivity index (χ0n) is 8.94. The number of hydrogen-bond acceptors (Lipinski definition) is 3. The second-order valence-corrected chi connectivity index (χ2v) is 3.43. The Labute approximate surface area is 99.8 Å². The van der Waals surface area contributed by atoms with Gasteiger partial charge in [-0.3, -0.25) is 0 Å². The van der Waals surface area contributed by atoms with E-state index in [1.54, 1.807) is 0 Å². The van der Waals surface area contributed by atoms with E-state index in [4.69, 9.17) is 5.11 Å². The van der Waals surface area contributed by atoms with Crippen LogP contribution in [0.15, 0.2) is 29.3 Å². The Morgan fingerprint density at radius 2 is 2.00 bits per heavy atom. The highest BCUT2D eigenvalue weighted by molar-refractivity contribution is 5.75. The minimum absolute atomic E-state index is 0.226. The SMILES string of the molecule is O=C=NC(Cc1ccccc1C(F)(F)F)C(=O)O. The van der Waals surface area contributed by atoms with Crippen LogP contribution in [0.4, 0.5) is 13.2 Å². The number of rotatable bonds is 4. The van der Waals surface area contributed by atoms with E-state index >= 15 is 0 Å². The third-order valence-electron chi connectivity index (χ3n) is 2.23. The van der Waals surface area contributed by atoms with Gasteiger partial charge in [0, 0.05) is 6.42 Å². The van der Waals surface area contributed by atoms with Gasteiger partial charge in [-0.2, -0.15) is 18.2 Å². The molecule has 96 valence electrons. The van der Waals surface area contributed by atoms with Crippen molar-refractivity contribution in [2.75, 3.05) is 0 Å². The molecule has 0 saturated carbocycles. The monoisotopic (exact) mass is 259 g/mol. The van der Waals surface area contributed by atoms with Gasteiger partial charge in [-0.25, -0.2) is 9.59 Å². The number of halogens is 3. The van der Waals surface area contributed by atoms with E-state index in [0.717, 1.165) is 18.2 Å². The predicted molar refractivity (Wildman–Crippen MR) is 54.7 cm³/mol. The molecule has 7 heteroatoms. The summed E-state index contributed by atoms with van der Waals surface area (Å²) in [6.07, 6.45) is -4.05. The molecular formula is C11H8F3NO3. The number of carbonyl (C=O) groups is 1. The van der Waals surface area contributed by atoms with Crippen molar-refractivity contribution in [3.05, 3.63) is 35.4 Å². The fourth-order valence-electron chi connectivity index (χ4n) is 1.43. The minimum Gasteiger partial charge on any atom is -0.480 e. The summed E-state index contributed by atoms with van der Waals surface area (Å²) < 4.78 is 37.9. The van der Waals surface area contributed by atoms with E-state index in [0.29, 0.717) is 0 Å². The van der Waals surface area contributed by atoms with Gasteiger partial charge >= 0.3 is 12.1 Å². The first-order valence-electron chi connectivity index (χ1n) is 4.81. The van der Waals surface area contributed by atoms with Crippen LogP contribution in [-0.4, -0.2) is 23.2 Å². The molecule has 0 aliphatic carbocycles. The molecule has 1 N–H and O–H groups in total. The molecule has 0 radical (unpaired) electrons. The Balaban J connectivity index is 3.10. The smallest absolute Gasteiger partial charge is 0.416 e. The highest BCUT2D eigenvalue weighted by Crippen LogP contribution is 2.32. The lowest BCUT2D eigenvalue weighted by Gasteiger charge is -2.13. The summed E-state index contributed by atoms with van der Waals surface area (Å²) in [7, 11) is 0. The Morgan fingerprint density at radius 1 is 1.39 bits per heavy atom. The van der Waals surface area contributed by atoms with E-state index in [9.17, 15) is 22.8 Å². The molecule has 0 heterocycles. The van der Waals surface area contributed by atoms with Crippen LogP contribution in [-0.2, 0) is 22.2 Å². The fraction of sp³-hybridized carbons (Fsp3) is 0.273. The third-order valence-corrected chi connectivity index (χ3v) is 2.23. The van der Waals surface area contributed by atoms with Crippen LogP contribution in [0.2, 0.25) is 0 Å². The maximum Gasteiger partial charge on any atom is 0.416 e. The fourth-order valence-corrected chi connectivity index (χ4v) is 1.43. The van der Waals surface area contributed by atoms with Crippen molar-refractivity contribution in [3.63, 3.8) is 0 Å². The summed E-state index contributed by atoms with van der Waals surface area (Å²) in [6.45, 7) is 0. The van der Waals surface area contributed by atoms with Crippen LogP contribution in [0.1, 0.15) is 11.1 Å². The summed E-state index contributed by atoms with van der Waals surface area (Å²) in [4.78, 5) is 23.7. The minimum atomic E-state index is -4.58. The van der Waals surface area contributed by atoms with Gasteiger partial charge in [-0.1, -0.05) is 18.2 Å². The summed E-state index contributed by atoms with van der Waals surface area (Å²) in [5, 5.41) is 8.71. The van der Waals surface area contributed by atoms with Gasteiger partial charge in [0.25, 0.3) is 0 Å². The Kier molecular flexibility index (Phi) is 4.23. The zero-order chi connectivity index (χ0) is 13.8. The lowest BCUT2D eigenvalue weighted by Crippen LogP contribution is -2.22. The largest absolute Gasteiger partial charge is 0.480 e. The average Bonchev–Trinajstić information content (AvgIpc) is 2.27. The highest BCUT2D eigenvalue weighted by Gasteiger charge is 2.34. The van der Waals surface area contributed by atoms with Gasteiger partial charge in [0.2, 0.25) is 6.08 Å². The maximum atomic E-state index is 12.6. The second kappa shape index (κ2) is 5.46. The Bertz CT molecular complexity index is 491. The number of carboxylic acid groups (broad SMARTS) is 1. The third kappa shape index (κ3) is 3.43. The number of carboxylic acids is 1. The Hall–Kier alpha value is -2.14. The average molecular weight is 259 g/mol. The standard InChI is InChI=1S/C11H8F3NO3/c12-11(13,14)8-4-2-1-3-7(8)5-9(10(17)18)15-6-16/h1-4,9H,5H2,(H,17,18). The number of aliphatic carboxylic acids is 1. The van der Waals surface area contributed by atoms with Gasteiger partial charge < -0.3 is 5.11 Å². The number of isocyanates is 1. The molecule has 0 aromatic heterocycles. The van der Waals surface area contributed by atoms with Crippen LogP contribution in [0, 0.1) is 0 Å². The van der Waals surface area contributed by atoms with Gasteiger partial charge in [-0.15, -0.1) is 0 Å². The molecule has 0 aliphatic rings. The molecule has 0 bridgehead atoms. The number of benzene rings is 1. The maximum absolute atomic E-state index is 12.6. The predicted octanol–water partition coefficient (Wildman–Crippen LogP) is 2.04. The molecule has 0 amide bonds. The zero-order valence-corrected chi connectivity index (χ0v) is 8.94. The molecule has 0 aliphatic heterocycles. The second-order valence-electron chi connectivity index (χ2n) is 3.43. The molecule has 0 fully saturated rings. The number of hydrogen-bond donors (Lipinski definition) is 1. The van der Waals surface area contributed by atoms with Gasteiger partial charge in [-0.05, 0) is 11.6 Å². The first-order chi connectivity index (χ1) is 8.36. The van der Waals surface area contributed by atoms with Crippen LogP contribution < -0.4 is 0 Å². The number of aliphatic imine (C=N–C) groups is 1. The lowest BCUT2D eigenvalue weighted by atomic mass is 10.00. The van der Waals surface area contributed by atoms with Gasteiger partial charge in [0.05, 0.1) is 5.56 Å². The van der Waals surface area contributed by atoms with Crippen molar-refractivity contribution < 1.29 is 27.9 Å². The molecule has 0 spiro atoms. The molecular weight excluding hydrogens is 251 g/mol. The lowest BCUT2D eigenvalue weighted by molar-refractivity contribution is -0.140. The molecule has 1 rings (SSSR count). The molecule has 18 heavy (non-hydrogen) atoms. The summed E-state index contributed by atoms with van der Waals surface area (Å²) in [5.41, 5.74) is -1.16. The quantitative estimate of drug-likeness (QED) is 0.664. The van der Waals surface area contributed by atoms with E-state index in [2.05, 4.69) is 4.99 Å². The molecule has 1 unspecified atom stereocenters. The number of carbonyl (C=O) groups excluding carboxylic acids is 1. The first-order valence-corrected chi connectivity index (χ1v) is 4.81. The molecule has 1 aromatic carbocycles. The highest BCUT2D eigenvalue weighted by atomic mass is 19.4. The van der Waals surface area contributed by atoms with E-state index in [1.807, 2.05) is 0 Å². The van der Waals surface area contributed by atoms with Crippen molar-refractivity contribution in [2.24, 2.45) is 4.99 Å². The topological polar surface area (TPSA) is 66.7 Å². The van der Waals surface area contributed by atoms with Crippen molar-refractivity contribution in [3.8, 4) is 0 Å². The van der Waals surface area contributed by atoms with Crippen molar-refractivity contribution in [1.82, 2.24) is 0 Å². The van der Waals surface area contributed by atoms with Crippen molar-refractivity contribution >= 4 is 12.0 Å². The van der Waals surface area contributed by atoms with Crippen LogP contribution in [0.25, 0.3) is 0 Å². The van der Waals surface area contributed by atoms with Gasteiger partial charge in [0.1, 0.15) is 0 Å². The van der Waals surface area contributed by atoms with Gasteiger partial charge in [0.15, 0.2) is 6.04 Å². The normalized spacial score (nSPS) is 12.6. The van der Waals surface area contributed by atoms with E-state index in [-0.39, 0.29) is 5.56 Å². The molecule has 1 atom stereocenters. The van der Waals surface area contributed by atoms with Crippen molar-refractivity contribution in [2.45, 2.75) is 18.6 Å². The van der Waals surface area contributed by atoms with Crippen LogP contribution in [0.3, 0.4) is 0 Å². The van der Waals surface area contributed by atoms with E-state index in [1.165, 1.54) is 12.1 Å². The molecule has 0 saturated heterocycles. The van der Waals surface area contributed by atoms with E-state index < -0.39 is 30.2 Å². The number of alkyl halides is 3. The summed E-state index contributed by atoms with van der Waals surface area (Å²) >= 11 is 0. The summed E-state index contributed by atoms with van der Waals surface area (Å²) in [6, 6.07) is 2.99. The summed E-state index contributed by atoms with van der Waals surface area (Å²) in [5.74, 6) is -1.48. The van der Waals surface area contributed by atoms with Crippen molar-refractivity contribution in [1.29, 1.82) is 0 Å². The van der Waals surface area contributed by atoms with Crippen LogP contribution in [0.5, 0.6) is 0 Å². The number of nitrogens with zero attached hydrogens (tertiary/aromatic N) is 1. The first kappa shape index (κ1) is 13.9. The molecule has 4 nitrogen and oxygen atoms in total.